The Bertz CT molecular complexity index is 478. The maximum atomic E-state index is 11.9. The zero-order valence-electron chi connectivity index (χ0n) is 9.93. The third kappa shape index (κ3) is 2.31. The van der Waals surface area contributed by atoms with E-state index < -0.39 is 5.97 Å². The number of carbonyl (C=O) groups excluding carboxylic acids is 2. The molecule has 96 valence electrons. The fraction of sp³-hybridized carbons (Fsp3) is 0.417. The molecule has 5 nitrogen and oxygen atoms in total. The van der Waals surface area contributed by atoms with Crippen molar-refractivity contribution in [3.8, 4) is 0 Å². The Morgan fingerprint density at radius 1 is 1.67 bits per heavy atom. The molecule has 0 spiro atoms. The number of aromatic nitrogens is 1. The number of pyridine rings is 1. The van der Waals surface area contributed by atoms with Crippen LogP contribution in [0.1, 0.15) is 16.8 Å². The molecular formula is C12H13ClN2O3. The fourth-order valence-electron chi connectivity index (χ4n) is 2.01. The normalized spacial score (nSPS) is 19.1. The predicted molar refractivity (Wildman–Crippen MR) is 66.8 cm³/mol. The SMILES string of the molecule is COC(=O)c1cnccc1N1CC(CCl)CC1=O. The minimum atomic E-state index is -0.500. The molecule has 0 saturated carbocycles. The highest BCUT2D eigenvalue weighted by Gasteiger charge is 2.32. The standard InChI is InChI=1S/C12H13ClN2O3/c1-18-12(17)9-6-14-3-2-10(9)15-7-8(5-13)4-11(15)16/h2-3,6,8H,4-5,7H2,1H3. The highest BCUT2D eigenvalue weighted by molar-refractivity contribution is 6.18. The topological polar surface area (TPSA) is 59.5 Å². The molecule has 2 rings (SSSR count). The quantitative estimate of drug-likeness (QED) is 0.615. The number of rotatable bonds is 3. The van der Waals surface area contributed by atoms with Crippen LogP contribution in [0.3, 0.4) is 0 Å². The second kappa shape index (κ2) is 5.35. The molecule has 0 aromatic carbocycles. The van der Waals surface area contributed by atoms with E-state index in [1.165, 1.54) is 13.3 Å². The van der Waals surface area contributed by atoms with Crippen LogP contribution in [0.25, 0.3) is 0 Å². The second-order valence-corrected chi connectivity index (χ2v) is 4.42. The lowest BCUT2D eigenvalue weighted by molar-refractivity contribution is -0.117. The number of carbonyl (C=O) groups is 2. The average molecular weight is 269 g/mol. The summed E-state index contributed by atoms with van der Waals surface area (Å²) in [5.41, 5.74) is 0.832. The Morgan fingerprint density at radius 2 is 2.44 bits per heavy atom. The summed E-state index contributed by atoms with van der Waals surface area (Å²) in [6, 6.07) is 1.64. The number of ether oxygens (including phenoxy) is 1. The minimum absolute atomic E-state index is 0.0306. The van der Waals surface area contributed by atoms with Crippen LogP contribution in [0.2, 0.25) is 0 Å². The average Bonchev–Trinajstić information content (AvgIpc) is 2.79. The molecular weight excluding hydrogens is 256 g/mol. The van der Waals surface area contributed by atoms with Crippen molar-refractivity contribution in [2.45, 2.75) is 6.42 Å². The molecule has 0 N–H and O–H groups in total. The van der Waals surface area contributed by atoms with Gasteiger partial charge in [0, 0.05) is 31.2 Å². The smallest absolute Gasteiger partial charge is 0.341 e. The van der Waals surface area contributed by atoms with Gasteiger partial charge < -0.3 is 9.64 Å². The summed E-state index contributed by atoms with van der Waals surface area (Å²) >= 11 is 5.77. The third-order valence-corrected chi connectivity index (χ3v) is 3.35. The van der Waals surface area contributed by atoms with E-state index in [0.717, 1.165) is 0 Å². The van der Waals surface area contributed by atoms with Crippen LogP contribution in [-0.2, 0) is 9.53 Å². The summed E-state index contributed by atoms with van der Waals surface area (Å²) in [6.07, 6.45) is 3.36. The van der Waals surface area contributed by atoms with Gasteiger partial charge in [0.05, 0.1) is 12.8 Å². The lowest BCUT2D eigenvalue weighted by atomic mass is 10.1. The highest BCUT2D eigenvalue weighted by Crippen LogP contribution is 2.28. The predicted octanol–water partition coefficient (Wildman–Crippen LogP) is 1.46. The summed E-state index contributed by atoms with van der Waals surface area (Å²) in [6.45, 7) is 0.524. The van der Waals surface area contributed by atoms with Gasteiger partial charge in [-0.15, -0.1) is 11.6 Å². The first-order chi connectivity index (χ1) is 8.67. The Morgan fingerprint density at radius 3 is 3.06 bits per heavy atom. The van der Waals surface area contributed by atoms with E-state index in [4.69, 9.17) is 11.6 Å². The minimum Gasteiger partial charge on any atom is -0.465 e. The molecule has 1 aromatic rings. The van der Waals surface area contributed by atoms with Crippen LogP contribution in [0, 0.1) is 5.92 Å². The molecule has 1 unspecified atom stereocenters. The van der Waals surface area contributed by atoms with Crippen molar-refractivity contribution in [3.63, 3.8) is 0 Å². The summed E-state index contributed by atoms with van der Waals surface area (Å²) in [7, 11) is 1.30. The molecule has 1 atom stereocenters. The number of halogens is 1. The summed E-state index contributed by atoms with van der Waals surface area (Å²) in [5.74, 6) is 0.0241. The zero-order chi connectivity index (χ0) is 13.1. The van der Waals surface area contributed by atoms with E-state index in [1.54, 1.807) is 17.2 Å². The van der Waals surface area contributed by atoms with Crippen LogP contribution >= 0.6 is 11.6 Å². The monoisotopic (exact) mass is 268 g/mol. The van der Waals surface area contributed by atoms with Gasteiger partial charge in [0.25, 0.3) is 0 Å². The van der Waals surface area contributed by atoms with Crippen molar-refractivity contribution >= 4 is 29.2 Å². The van der Waals surface area contributed by atoms with E-state index >= 15 is 0 Å². The molecule has 18 heavy (non-hydrogen) atoms. The largest absolute Gasteiger partial charge is 0.465 e. The molecule has 0 aliphatic carbocycles. The van der Waals surface area contributed by atoms with Gasteiger partial charge in [0.1, 0.15) is 5.56 Å². The molecule has 1 amide bonds. The molecule has 1 fully saturated rings. The lowest BCUT2D eigenvalue weighted by Gasteiger charge is -2.18. The first kappa shape index (κ1) is 12.8. The fourth-order valence-corrected chi connectivity index (χ4v) is 2.21. The van der Waals surface area contributed by atoms with E-state index in [1.807, 2.05) is 0 Å². The second-order valence-electron chi connectivity index (χ2n) is 4.11. The number of anilines is 1. The molecule has 1 saturated heterocycles. The van der Waals surface area contributed by atoms with Crippen molar-refractivity contribution in [1.82, 2.24) is 4.98 Å². The summed E-state index contributed by atoms with van der Waals surface area (Å²) < 4.78 is 4.68. The van der Waals surface area contributed by atoms with Crippen molar-refractivity contribution < 1.29 is 14.3 Å². The van der Waals surface area contributed by atoms with Gasteiger partial charge in [-0.25, -0.2) is 4.79 Å². The molecule has 1 aliphatic rings. The van der Waals surface area contributed by atoms with Crippen LogP contribution < -0.4 is 4.90 Å². The van der Waals surface area contributed by atoms with E-state index in [9.17, 15) is 9.59 Å². The van der Waals surface area contributed by atoms with Crippen LogP contribution in [0.5, 0.6) is 0 Å². The van der Waals surface area contributed by atoms with Crippen molar-refractivity contribution in [2.75, 3.05) is 24.4 Å². The highest BCUT2D eigenvalue weighted by atomic mass is 35.5. The van der Waals surface area contributed by atoms with Gasteiger partial charge in [-0.05, 0) is 12.0 Å². The molecule has 1 aliphatic heterocycles. The lowest BCUT2D eigenvalue weighted by Crippen LogP contribution is -2.27. The summed E-state index contributed by atoms with van der Waals surface area (Å²) in [5, 5.41) is 0. The van der Waals surface area contributed by atoms with Gasteiger partial charge in [-0.3, -0.25) is 9.78 Å². The van der Waals surface area contributed by atoms with Gasteiger partial charge >= 0.3 is 5.97 Å². The van der Waals surface area contributed by atoms with Gasteiger partial charge in [0.2, 0.25) is 5.91 Å². The number of methoxy groups -OCH3 is 1. The van der Waals surface area contributed by atoms with Gasteiger partial charge in [0.15, 0.2) is 0 Å². The number of hydrogen-bond donors (Lipinski definition) is 0. The Kier molecular flexibility index (Phi) is 3.81. The first-order valence-corrected chi connectivity index (χ1v) is 6.09. The molecule has 2 heterocycles. The van der Waals surface area contributed by atoms with E-state index in [2.05, 4.69) is 9.72 Å². The third-order valence-electron chi connectivity index (χ3n) is 2.92. The summed E-state index contributed by atoms with van der Waals surface area (Å²) in [4.78, 5) is 29.0. The van der Waals surface area contributed by atoms with Gasteiger partial charge in [-0.2, -0.15) is 0 Å². The molecule has 0 radical (unpaired) electrons. The Balaban J connectivity index is 2.34. The van der Waals surface area contributed by atoms with E-state index in [-0.39, 0.29) is 11.8 Å². The maximum Gasteiger partial charge on any atom is 0.341 e. The number of nitrogens with zero attached hydrogens (tertiary/aromatic N) is 2. The van der Waals surface area contributed by atoms with Crippen molar-refractivity contribution in [2.24, 2.45) is 5.92 Å². The Hall–Kier alpha value is -1.62. The molecule has 1 aromatic heterocycles. The molecule has 0 bridgehead atoms. The number of esters is 1. The zero-order valence-corrected chi connectivity index (χ0v) is 10.7. The van der Waals surface area contributed by atoms with Crippen LogP contribution in [-0.4, -0.2) is 36.4 Å². The van der Waals surface area contributed by atoms with Crippen LogP contribution in [0.4, 0.5) is 5.69 Å². The number of alkyl halides is 1. The Labute approximate surface area is 110 Å². The van der Waals surface area contributed by atoms with Crippen molar-refractivity contribution in [3.05, 3.63) is 24.0 Å². The first-order valence-electron chi connectivity index (χ1n) is 5.56. The number of hydrogen-bond acceptors (Lipinski definition) is 4. The number of amides is 1. The van der Waals surface area contributed by atoms with Crippen LogP contribution in [0.15, 0.2) is 18.5 Å². The maximum absolute atomic E-state index is 11.9. The van der Waals surface area contributed by atoms with Gasteiger partial charge in [-0.1, -0.05) is 0 Å². The molecule has 6 heteroatoms. The van der Waals surface area contributed by atoms with E-state index in [0.29, 0.717) is 30.1 Å². The van der Waals surface area contributed by atoms with Crippen molar-refractivity contribution in [1.29, 1.82) is 0 Å².